The molecule has 0 aliphatic rings. The number of aryl methyl sites for hydroxylation is 2. The highest BCUT2D eigenvalue weighted by molar-refractivity contribution is 6.04. The number of rotatable bonds is 6. The molecule has 5 heteroatoms. The summed E-state index contributed by atoms with van der Waals surface area (Å²) in [5, 5.41) is 2.89. The number of esters is 1. The summed E-state index contributed by atoms with van der Waals surface area (Å²) in [6.45, 7) is 3.95. The quantitative estimate of drug-likeness (QED) is 0.351. The van der Waals surface area contributed by atoms with Crippen LogP contribution in [0.25, 0.3) is 6.08 Å². The fraction of sp³-hybridized carbons (Fsp3) is 0.120. The smallest absolute Gasteiger partial charge is 0.336 e. The largest absolute Gasteiger partial charge is 0.497 e. The van der Waals surface area contributed by atoms with Crippen molar-refractivity contribution in [3.8, 4) is 11.5 Å². The van der Waals surface area contributed by atoms with Gasteiger partial charge in [0.25, 0.3) is 5.91 Å². The van der Waals surface area contributed by atoms with Crippen molar-refractivity contribution in [3.05, 3.63) is 95.1 Å². The van der Waals surface area contributed by atoms with Crippen LogP contribution in [0.1, 0.15) is 27.0 Å². The van der Waals surface area contributed by atoms with Crippen molar-refractivity contribution in [3.63, 3.8) is 0 Å². The Morgan fingerprint density at radius 2 is 1.53 bits per heavy atom. The van der Waals surface area contributed by atoms with Crippen LogP contribution in [0, 0.1) is 13.8 Å². The lowest BCUT2D eigenvalue weighted by molar-refractivity contribution is -0.128. The summed E-state index contributed by atoms with van der Waals surface area (Å²) < 4.78 is 10.4. The normalized spacial score (nSPS) is 10.6. The lowest BCUT2D eigenvalue weighted by Gasteiger charge is -2.09. The van der Waals surface area contributed by atoms with Crippen molar-refractivity contribution in [2.24, 2.45) is 0 Å². The number of methoxy groups -OCH3 is 1. The average molecular weight is 401 g/mol. The standard InChI is InChI=1S/C25H23NO4/c1-17-4-14-23(18(2)16-17)26-25(28)20-8-12-22(13-9-20)30-24(27)15-7-19-5-10-21(29-3)11-6-19/h4-16H,1-3H3,(H,26,28)/b15-7+. The van der Waals surface area contributed by atoms with Crippen molar-refractivity contribution >= 4 is 23.6 Å². The molecule has 5 nitrogen and oxygen atoms in total. The van der Waals surface area contributed by atoms with Gasteiger partial charge in [-0.05, 0) is 73.5 Å². The highest BCUT2D eigenvalue weighted by Gasteiger charge is 2.09. The van der Waals surface area contributed by atoms with Crippen LogP contribution in [-0.2, 0) is 4.79 Å². The summed E-state index contributed by atoms with van der Waals surface area (Å²) in [7, 11) is 1.60. The number of benzene rings is 3. The van der Waals surface area contributed by atoms with Gasteiger partial charge in [-0.25, -0.2) is 4.79 Å². The van der Waals surface area contributed by atoms with Gasteiger partial charge in [0.1, 0.15) is 11.5 Å². The number of nitrogens with one attached hydrogen (secondary N) is 1. The van der Waals surface area contributed by atoms with Crippen LogP contribution >= 0.6 is 0 Å². The zero-order chi connectivity index (χ0) is 21.5. The molecule has 0 aromatic heterocycles. The molecule has 0 heterocycles. The molecule has 0 unspecified atom stereocenters. The van der Waals surface area contributed by atoms with Crippen LogP contribution in [0.3, 0.4) is 0 Å². The van der Waals surface area contributed by atoms with Crippen molar-refractivity contribution in [1.29, 1.82) is 0 Å². The SMILES string of the molecule is COc1ccc(/C=C/C(=O)Oc2ccc(C(=O)Nc3ccc(C)cc3C)cc2)cc1. The monoisotopic (exact) mass is 401 g/mol. The number of carbonyl (C=O) groups excluding carboxylic acids is 2. The molecule has 30 heavy (non-hydrogen) atoms. The lowest BCUT2D eigenvalue weighted by atomic mass is 10.1. The summed E-state index contributed by atoms with van der Waals surface area (Å²) in [5.74, 6) is 0.386. The van der Waals surface area contributed by atoms with E-state index in [9.17, 15) is 9.59 Å². The van der Waals surface area contributed by atoms with Crippen molar-refractivity contribution in [2.45, 2.75) is 13.8 Å². The number of carbonyl (C=O) groups is 2. The molecule has 0 saturated carbocycles. The van der Waals surface area contributed by atoms with E-state index in [1.807, 2.05) is 56.3 Å². The molecular formula is C25H23NO4. The summed E-state index contributed by atoms with van der Waals surface area (Å²) in [4.78, 5) is 24.5. The Hall–Kier alpha value is -3.86. The van der Waals surface area contributed by atoms with Gasteiger partial charge < -0.3 is 14.8 Å². The van der Waals surface area contributed by atoms with Gasteiger partial charge in [-0.3, -0.25) is 4.79 Å². The third-order valence-corrected chi connectivity index (χ3v) is 4.49. The molecule has 3 aromatic rings. The molecule has 0 saturated heterocycles. The van der Waals surface area contributed by atoms with Gasteiger partial charge in [0.05, 0.1) is 7.11 Å². The second kappa shape index (κ2) is 9.56. The summed E-state index contributed by atoms with van der Waals surface area (Å²) in [6, 6.07) is 19.6. The minimum Gasteiger partial charge on any atom is -0.497 e. The first-order valence-corrected chi connectivity index (χ1v) is 9.47. The minimum absolute atomic E-state index is 0.223. The lowest BCUT2D eigenvalue weighted by Crippen LogP contribution is -2.13. The van der Waals surface area contributed by atoms with Crippen LogP contribution in [0.2, 0.25) is 0 Å². The topological polar surface area (TPSA) is 64.6 Å². The van der Waals surface area contributed by atoms with E-state index in [4.69, 9.17) is 9.47 Å². The first-order valence-electron chi connectivity index (χ1n) is 9.47. The van der Waals surface area contributed by atoms with Crippen LogP contribution in [-0.4, -0.2) is 19.0 Å². The van der Waals surface area contributed by atoms with Crippen LogP contribution in [0.5, 0.6) is 11.5 Å². The Kier molecular flexibility index (Phi) is 6.65. The zero-order valence-electron chi connectivity index (χ0n) is 17.1. The Morgan fingerprint density at radius 3 is 2.17 bits per heavy atom. The molecule has 0 aliphatic carbocycles. The van der Waals surface area contributed by atoms with Crippen LogP contribution in [0.4, 0.5) is 5.69 Å². The first kappa shape index (κ1) is 20.9. The molecule has 0 aliphatic heterocycles. The van der Waals surface area contributed by atoms with Crippen molar-refractivity contribution in [2.75, 3.05) is 12.4 Å². The third kappa shape index (κ3) is 5.58. The number of ether oxygens (including phenoxy) is 2. The van der Waals surface area contributed by atoms with Gasteiger partial charge in [0.2, 0.25) is 0 Å². The maximum absolute atomic E-state index is 12.5. The summed E-state index contributed by atoms with van der Waals surface area (Å²) in [5.41, 5.74) is 4.23. The Bertz CT molecular complexity index is 1070. The molecule has 0 atom stereocenters. The van der Waals surface area contributed by atoms with E-state index < -0.39 is 5.97 Å². The molecule has 3 rings (SSSR count). The van der Waals surface area contributed by atoms with E-state index in [1.165, 1.54) is 6.08 Å². The fourth-order valence-electron chi connectivity index (χ4n) is 2.85. The highest BCUT2D eigenvalue weighted by atomic mass is 16.5. The number of amides is 1. The van der Waals surface area contributed by atoms with E-state index in [2.05, 4.69) is 5.32 Å². The molecule has 1 N–H and O–H groups in total. The van der Waals surface area contributed by atoms with Gasteiger partial charge in [0.15, 0.2) is 0 Å². The molecule has 0 radical (unpaired) electrons. The van der Waals surface area contributed by atoms with Gasteiger partial charge in [-0.1, -0.05) is 29.8 Å². The van der Waals surface area contributed by atoms with Crippen LogP contribution < -0.4 is 14.8 Å². The van der Waals surface area contributed by atoms with Crippen LogP contribution in [0.15, 0.2) is 72.8 Å². The minimum atomic E-state index is -0.502. The van der Waals surface area contributed by atoms with E-state index >= 15 is 0 Å². The van der Waals surface area contributed by atoms with Crippen molar-refractivity contribution < 1.29 is 19.1 Å². The van der Waals surface area contributed by atoms with E-state index in [1.54, 1.807) is 37.5 Å². The maximum atomic E-state index is 12.5. The predicted octanol–water partition coefficient (Wildman–Crippen LogP) is 5.18. The Morgan fingerprint density at radius 1 is 0.867 bits per heavy atom. The Balaban J connectivity index is 1.58. The zero-order valence-corrected chi connectivity index (χ0v) is 17.1. The highest BCUT2D eigenvalue weighted by Crippen LogP contribution is 2.19. The molecule has 3 aromatic carbocycles. The Labute approximate surface area is 176 Å². The second-order valence-electron chi connectivity index (χ2n) is 6.82. The summed E-state index contributed by atoms with van der Waals surface area (Å²) in [6.07, 6.45) is 3.01. The molecule has 0 fully saturated rings. The van der Waals surface area contributed by atoms with Gasteiger partial charge in [-0.2, -0.15) is 0 Å². The number of hydrogen-bond acceptors (Lipinski definition) is 4. The van der Waals surface area contributed by atoms with Gasteiger partial charge >= 0.3 is 5.97 Å². The first-order chi connectivity index (χ1) is 14.4. The second-order valence-corrected chi connectivity index (χ2v) is 6.82. The maximum Gasteiger partial charge on any atom is 0.336 e. The van der Waals surface area contributed by atoms with Crippen molar-refractivity contribution in [1.82, 2.24) is 0 Å². The molecule has 1 amide bonds. The molecule has 0 spiro atoms. The average Bonchev–Trinajstić information content (AvgIpc) is 2.75. The predicted molar refractivity (Wildman–Crippen MR) is 118 cm³/mol. The molecule has 152 valence electrons. The third-order valence-electron chi connectivity index (χ3n) is 4.49. The number of anilines is 1. The fourth-order valence-corrected chi connectivity index (χ4v) is 2.85. The van der Waals surface area contributed by atoms with E-state index in [-0.39, 0.29) is 5.91 Å². The number of hydrogen-bond donors (Lipinski definition) is 1. The molecule has 0 bridgehead atoms. The van der Waals surface area contributed by atoms with E-state index in [0.29, 0.717) is 11.3 Å². The van der Waals surface area contributed by atoms with E-state index in [0.717, 1.165) is 28.1 Å². The molecular weight excluding hydrogens is 378 g/mol. The van der Waals surface area contributed by atoms with Gasteiger partial charge in [0, 0.05) is 17.3 Å². The van der Waals surface area contributed by atoms with Gasteiger partial charge in [-0.15, -0.1) is 0 Å². The summed E-state index contributed by atoms with van der Waals surface area (Å²) >= 11 is 0.